The van der Waals surface area contributed by atoms with Crippen molar-refractivity contribution in [1.29, 1.82) is 0 Å². The third-order valence-corrected chi connectivity index (χ3v) is 6.02. The van der Waals surface area contributed by atoms with Crippen LogP contribution in [-0.4, -0.2) is 49.2 Å². The predicted octanol–water partition coefficient (Wildman–Crippen LogP) is 3.20. The molecule has 0 fully saturated rings. The maximum atomic E-state index is 13.1. The Labute approximate surface area is 225 Å². The number of ether oxygens (including phenoxy) is 4. The van der Waals surface area contributed by atoms with Gasteiger partial charge in [0, 0.05) is 18.9 Å². The van der Waals surface area contributed by atoms with Gasteiger partial charge in [0.05, 0.1) is 14.2 Å². The Morgan fingerprint density at radius 3 is 2.28 bits per heavy atom. The molecule has 12 nitrogen and oxygen atoms in total. The number of terminal acetylenes is 1. The monoisotopic (exact) mass is 548 g/mol. The van der Waals surface area contributed by atoms with E-state index in [-0.39, 0.29) is 48.0 Å². The van der Waals surface area contributed by atoms with E-state index in [1.54, 1.807) is 61.7 Å². The van der Waals surface area contributed by atoms with Gasteiger partial charge in [0.15, 0.2) is 29.7 Å². The third-order valence-electron chi connectivity index (χ3n) is 5.03. The number of methoxy groups -OCH3 is 2. The molecule has 13 heteroatoms. The highest BCUT2D eigenvalue weighted by atomic mass is 32.2. The summed E-state index contributed by atoms with van der Waals surface area (Å²) in [6, 6.07) is 15.3. The number of nitrogens with zero attached hydrogens (tertiary/aromatic N) is 4. The quantitative estimate of drug-likeness (QED) is 0.253. The fraction of sp³-hybridized carbons (Fsp3) is 0.154. The molecular formula is C26H24N6O6S. The van der Waals surface area contributed by atoms with Gasteiger partial charge in [0.2, 0.25) is 11.6 Å². The zero-order chi connectivity index (χ0) is 27.7. The van der Waals surface area contributed by atoms with Crippen LogP contribution in [0.2, 0.25) is 0 Å². The highest BCUT2D eigenvalue weighted by molar-refractivity contribution is 7.90. The Morgan fingerprint density at radius 1 is 0.897 bits per heavy atom. The molecule has 39 heavy (non-hydrogen) atoms. The maximum Gasteiger partial charge on any atom is 0.300 e. The standard InChI is InChI=1S/C26H24N6O6S/c1-4-16-37-26-22(38-21-9-6-5-8-20(21)36-3)23(30-25(31-26)24-27-14-7-15-28-24)32-39(33,34)29-17-18-10-12-19(35-2)13-11-18/h1,5-15,29H,16-17H2,2-3H3,(H,30,31,32). The first kappa shape index (κ1) is 27.1. The van der Waals surface area contributed by atoms with Gasteiger partial charge in [-0.15, -0.1) is 6.42 Å². The molecular weight excluding hydrogens is 524 g/mol. The minimum atomic E-state index is -4.18. The lowest BCUT2D eigenvalue weighted by Crippen LogP contribution is -2.30. The lowest BCUT2D eigenvalue weighted by Gasteiger charge is -2.17. The van der Waals surface area contributed by atoms with Crippen molar-refractivity contribution in [3.63, 3.8) is 0 Å². The van der Waals surface area contributed by atoms with Crippen LogP contribution in [0.25, 0.3) is 11.6 Å². The van der Waals surface area contributed by atoms with Gasteiger partial charge >= 0.3 is 10.2 Å². The molecule has 0 amide bonds. The fourth-order valence-corrected chi connectivity index (χ4v) is 4.03. The molecule has 200 valence electrons. The summed E-state index contributed by atoms with van der Waals surface area (Å²) in [5, 5.41) is 0. The normalized spacial score (nSPS) is 10.8. The molecule has 2 heterocycles. The minimum absolute atomic E-state index is 0.0117. The topological polar surface area (TPSA) is 147 Å². The van der Waals surface area contributed by atoms with E-state index in [4.69, 9.17) is 25.4 Å². The van der Waals surface area contributed by atoms with Crippen LogP contribution in [0.3, 0.4) is 0 Å². The molecule has 2 N–H and O–H groups in total. The molecule has 2 aromatic heterocycles. The molecule has 0 aliphatic carbocycles. The zero-order valence-electron chi connectivity index (χ0n) is 21.0. The number of nitrogens with one attached hydrogen (secondary N) is 2. The van der Waals surface area contributed by atoms with E-state index in [9.17, 15) is 8.42 Å². The highest BCUT2D eigenvalue weighted by Gasteiger charge is 2.25. The van der Waals surface area contributed by atoms with Crippen LogP contribution in [0.1, 0.15) is 5.56 Å². The van der Waals surface area contributed by atoms with Crippen LogP contribution >= 0.6 is 0 Å². The van der Waals surface area contributed by atoms with Gasteiger partial charge in [-0.2, -0.15) is 18.1 Å². The summed E-state index contributed by atoms with van der Waals surface area (Å²) in [4.78, 5) is 17.0. The second kappa shape index (κ2) is 12.5. The van der Waals surface area contributed by atoms with Crippen LogP contribution in [0.4, 0.5) is 5.82 Å². The molecule has 0 aliphatic rings. The molecule has 0 spiro atoms. The number of anilines is 1. The van der Waals surface area contributed by atoms with Crippen molar-refractivity contribution in [3.05, 3.63) is 72.6 Å². The van der Waals surface area contributed by atoms with Crippen LogP contribution in [0, 0.1) is 12.3 Å². The first-order chi connectivity index (χ1) is 18.9. The van der Waals surface area contributed by atoms with Crippen molar-refractivity contribution >= 4 is 16.0 Å². The molecule has 4 aromatic rings. The molecule has 0 atom stereocenters. The van der Waals surface area contributed by atoms with Crippen molar-refractivity contribution in [1.82, 2.24) is 24.7 Å². The van der Waals surface area contributed by atoms with Gasteiger partial charge in [-0.05, 0) is 35.9 Å². The number of aromatic nitrogens is 4. The molecule has 4 rings (SSSR count). The maximum absolute atomic E-state index is 13.1. The van der Waals surface area contributed by atoms with E-state index in [0.717, 1.165) is 0 Å². The minimum Gasteiger partial charge on any atom is -0.497 e. The molecule has 0 aliphatic heterocycles. The first-order valence-electron chi connectivity index (χ1n) is 11.4. The van der Waals surface area contributed by atoms with E-state index in [1.165, 1.54) is 19.5 Å². The predicted molar refractivity (Wildman–Crippen MR) is 143 cm³/mol. The number of hydrogen-bond acceptors (Lipinski definition) is 10. The van der Waals surface area contributed by atoms with Crippen molar-refractivity contribution in [2.24, 2.45) is 0 Å². The highest BCUT2D eigenvalue weighted by Crippen LogP contribution is 2.40. The second-order valence-corrected chi connectivity index (χ2v) is 9.12. The molecule has 0 radical (unpaired) electrons. The van der Waals surface area contributed by atoms with Crippen molar-refractivity contribution < 1.29 is 27.4 Å². The molecule has 0 saturated carbocycles. The third kappa shape index (κ3) is 7.10. The van der Waals surface area contributed by atoms with E-state index in [1.807, 2.05) is 0 Å². The fourth-order valence-electron chi connectivity index (χ4n) is 3.21. The van der Waals surface area contributed by atoms with Crippen molar-refractivity contribution in [2.45, 2.75) is 6.54 Å². The lowest BCUT2D eigenvalue weighted by atomic mass is 10.2. The number of benzene rings is 2. The average molecular weight is 549 g/mol. The van der Waals surface area contributed by atoms with Crippen molar-refractivity contribution in [3.8, 4) is 52.9 Å². The summed E-state index contributed by atoms with van der Waals surface area (Å²) >= 11 is 0. The van der Waals surface area contributed by atoms with Gasteiger partial charge < -0.3 is 18.9 Å². The van der Waals surface area contributed by atoms with Crippen LogP contribution in [0.15, 0.2) is 67.0 Å². The number of para-hydroxylation sites is 2. The van der Waals surface area contributed by atoms with E-state index in [0.29, 0.717) is 17.1 Å². The van der Waals surface area contributed by atoms with Gasteiger partial charge in [0.25, 0.3) is 5.88 Å². The Bertz CT molecular complexity index is 1560. The Morgan fingerprint density at radius 2 is 1.62 bits per heavy atom. The summed E-state index contributed by atoms with van der Waals surface area (Å²) < 4.78 is 53.2. The molecule has 0 bridgehead atoms. The summed E-state index contributed by atoms with van der Waals surface area (Å²) in [5.74, 6) is 3.20. The van der Waals surface area contributed by atoms with Crippen LogP contribution < -0.4 is 28.4 Å². The zero-order valence-corrected chi connectivity index (χ0v) is 21.8. The lowest BCUT2D eigenvalue weighted by molar-refractivity contribution is 0.324. The van der Waals surface area contributed by atoms with Gasteiger partial charge in [-0.3, -0.25) is 4.72 Å². The van der Waals surface area contributed by atoms with Gasteiger partial charge in [-0.1, -0.05) is 30.2 Å². The Kier molecular flexibility index (Phi) is 8.72. The van der Waals surface area contributed by atoms with Crippen LogP contribution in [-0.2, 0) is 16.8 Å². The number of rotatable bonds is 12. The van der Waals surface area contributed by atoms with Crippen LogP contribution in [0.5, 0.6) is 28.9 Å². The largest absolute Gasteiger partial charge is 0.497 e. The summed E-state index contributed by atoms with van der Waals surface area (Å²) in [6.45, 7) is -0.196. The molecule has 0 unspecified atom stereocenters. The Balaban J connectivity index is 1.74. The number of hydrogen-bond donors (Lipinski definition) is 2. The Hall–Kier alpha value is -4.93. The first-order valence-corrected chi connectivity index (χ1v) is 12.9. The summed E-state index contributed by atoms with van der Waals surface area (Å²) in [5.41, 5.74) is 0.700. The molecule has 0 saturated heterocycles. The average Bonchev–Trinajstić information content (AvgIpc) is 2.97. The SMILES string of the molecule is C#CCOc1nc(-c2ncccn2)nc(NS(=O)(=O)NCc2ccc(OC)cc2)c1Oc1ccccc1OC. The summed E-state index contributed by atoms with van der Waals surface area (Å²) in [7, 11) is -1.17. The van der Waals surface area contributed by atoms with Gasteiger partial charge in [0.1, 0.15) is 5.75 Å². The van der Waals surface area contributed by atoms with Gasteiger partial charge in [-0.25, -0.2) is 15.0 Å². The van der Waals surface area contributed by atoms with Crippen molar-refractivity contribution in [2.75, 3.05) is 25.5 Å². The van der Waals surface area contributed by atoms with E-state index >= 15 is 0 Å². The molecule has 2 aromatic carbocycles. The summed E-state index contributed by atoms with van der Waals surface area (Å²) in [6.07, 6.45) is 8.38. The smallest absolute Gasteiger partial charge is 0.300 e. The van der Waals surface area contributed by atoms with E-state index in [2.05, 4.69) is 35.3 Å². The second-order valence-electron chi connectivity index (χ2n) is 7.62. The van der Waals surface area contributed by atoms with E-state index < -0.39 is 10.2 Å².